The quantitative estimate of drug-likeness (QED) is 0.442. The Kier molecular flexibility index (Phi) is 6.30. The SMILES string of the molecule is CC(C)(C)c1ccc(N2C(=O)N(Cc3ccnc(Nc4cccc(C(=O)O)c4)c3)C(C)(C)C2=O)cc1. The van der Waals surface area contributed by atoms with Crippen molar-refractivity contribution in [2.24, 2.45) is 0 Å². The van der Waals surface area contributed by atoms with Crippen LogP contribution in [0.25, 0.3) is 0 Å². The van der Waals surface area contributed by atoms with Crippen molar-refractivity contribution in [2.45, 2.75) is 52.1 Å². The lowest BCUT2D eigenvalue weighted by molar-refractivity contribution is -0.123. The molecule has 1 aromatic heterocycles. The summed E-state index contributed by atoms with van der Waals surface area (Å²) in [4.78, 5) is 45.1. The van der Waals surface area contributed by atoms with E-state index >= 15 is 0 Å². The van der Waals surface area contributed by atoms with E-state index in [-0.39, 0.29) is 29.5 Å². The molecule has 1 fully saturated rings. The molecule has 0 spiro atoms. The van der Waals surface area contributed by atoms with Crippen LogP contribution in [-0.4, -0.2) is 38.4 Å². The normalized spacial score (nSPS) is 15.4. The summed E-state index contributed by atoms with van der Waals surface area (Å²) in [5, 5.41) is 12.3. The van der Waals surface area contributed by atoms with Gasteiger partial charge in [-0.1, -0.05) is 39.0 Å². The van der Waals surface area contributed by atoms with Crippen LogP contribution in [-0.2, 0) is 16.8 Å². The van der Waals surface area contributed by atoms with Gasteiger partial charge in [-0.2, -0.15) is 0 Å². The second-order valence-electron chi connectivity index (χ2n) is 10.4. The third-order valence-corrected chi connectivity index (χ3v) is 6.36. The van der Waals surface area contributed by atoms with Crippen LogP contribution in [0.4, 0.5) is 22.0 Å². The van der Waals surface area contributed by atoms with Crippen molar-refractivity contribution in [1.29, 1.82) is 0 Å². The number of anilines is 3. The fourth-order valence-corrected chi connectivity index (χ4v) is 4.14. The fourth-order valence-electron chi connectivity index (χ4n) is 4.14. The van der Waals surface area contributed by atoms with Crippen LogP contribution in [0, 0.1) is 0 Å². The van der Waals surface area contributed by atoms with Crippen molar-refractivity contribution in [3.05, 3.63) is 83.6 Å². The molecule has 4 rings (SSSR count). The van der Waals surface area contributed by atoms with Crippen LogP contribution < -0.4 is 10.2 Å². The summed E-state index contributed by atoms with van der Waals surface area (Å²) in [5.41, 5.74) is 2.11. The maximum absolute atomic E-state index is 13.4. The number of pyridine rings is 1. The third kappa shape index (κ3) is 4.79. The Hall–Kier alpha value is -4.20. The maximum atomic E-state index is 13.4. The summed E-state index contributed by atoms with van der Waals surface area (Å²) in [6.45, 7) is 10.0. The van der Waals surface area contributed by atoms with Crippen LogP contribution in [0.15, 0.2) is 66.9 Å². The van der Waals surface area contributed by atoms with Gasteiger partial charge in [0.15, 0.2) is 0 Å². The van der Waals surface area contributed by atoms with Crippen molar-refractivity contribution in [1.82, 2.24) is 9.88 Å². The van der Waals surface area contributed by atoms with E-state index in [2.05, 4.69) is 31.1 Å². The zero-order valence-corrected chi connectivity index (χ0v) is 21.1. The number of nitrogens with zero attached hydrogens (tertiary/aromatic N) is 3. The summed E-state index contributed by atoms with van der Waals surface area (Å²) in [7, 11) is 0. The van der Waals surface area contributed by atoms with Gasteiger partial charge < -0.3 is 15.3 Å². The molecular formula is C28H30N4O4. The number of carboxylic acid groups (broad SMARTS) is 1. The molecule has 2 aromatic carbocycles. The molecule has 0 radical (unpaired) electrons. The van der Waals surface area contributed by atoms with Gasteiger partial charge in [0.1, 0.15) is 11.4 Å². The minimum absolute atomic E-state index is 0.0368. The van der Waals surface area contributed by atoms with E-state index in [1.807, 2.05) is 24.3 Å². The molecule has 186 valence electrons. The molecule has 8 nitrogen and oxygen atoms in total. The first-order chi connectivity index (χ1) is 16.9. The number of aromatic nitrogens is 1. The Labute approximate surface area is 210 Å². The van der Waals surface area contributed by atoms with E-state index in [1.54, 1.807) is 49.2 Å². The Morgan fingerprint density at radius 2 is 1.72 bits per heavy atom. The summed E-state index contributed by atoms with van der Waals surface area (Å²) < 4.78 is 0. The Bertz CT molecular complexity index is 1330. The summed E-state index contributed by atoms with van der Waals surface area (Å²) in [5.74, 6) is -0.799. The molecule has 1 aliphatic heterocycles. The van der Waals surface area contributed by atoms with E-state index < -0.39 is 11.5 Å². The highest BCUT2D eigenvalue weighted by atomic mass is 16.4. The number of rotatable bonds is 6. The molecule has 3 aromatic rings. The van der Waals surface area contributed by atoms with E-state index in [0.717, 1.165) is 11.1 Å². The molecular weight excluding hydrogens is 456 g/mol. The fraction of sp³-hybridized carbons (Fsp3) is 0.286. The monoisotopic (exact) mass is 486 g/mol. The zero-order valence-electron chi connectivity index (χ0n) is 21.1. The number of imide groups is 1. The first kappa shape index (κ1) is 24.9. The minimum atomic E-state index is -1.04. The van der Waals surface area contributed by atoms with Crippen molar-refractivity contribution < 1.29 is 19.5 Å². The second-order valence-corrected chi connectivity index (χ2v) is 10.4. The van der Waals surface area contributed by atoms with E-state index in [1.165, 1.54) is 17.0 Å². The molecule has 3 amide bonds. The summed E-state index contributed by atoms with van der Waals surface area (Å²) in [6, 6.07) is 17.1. The van der Waals surface area contributed by atoms with Gasteiger partial charge in [-0.25, -0.2) is 19.5 Å². The summed E-state index contributed by atoms with van der Waals surface area (Å²) in [6.07, 6.45) is 1.61. The first-order valence-corrected chi connectivity index (χ1v) is 11.7. The predicted octanol–water partition coefficient (Wildman–Crippen LogP) is 5.57. The van der Waals surface area contributed by atoms with Gasteiger partial charge in [0.05, 0.1) is 11.3 Å². The average molecular weight is 487 g/mol. The van der Waals surface area contributed by atoms with Crippen LogP contribution in [0.3, 0.4) is 0 Å². The minimum Gasteiger partial charge on any atom is -0.478 e. The smallest absolute Gasteiger partial charge is 0.335 e. The first-order valence-electron chi connectivity index (χ1n) is 11.7. The molecule has 2 heterocycles. The van der Waals surface area contributed by atoms with E-state index in [4.69, 9.17) is 0 Å². The molecule has 8 heteroatoms. The maximum Gasteiger partial charge on any atom is 0.335 e. The lowest BCUT2D eigenvalue weighted by atomic mass is 9.87. The Balaban J connectivity index is 1.56. The number of urea groups is 1. The van der Waals surface area contributed by atoms with Gasteiger partial charge in [-0.05, 0) is 72.9 Å². The molecule has 0 aliphatic carbocycles. The van der Waals surface area contributed by atoms with Crippen LogP contribution in [0.2, 0.25) is 0 Å². The van der Waals surface area contributed by atoms with Crippen molar-refractivity contribution in [3.63, 3.8) is 0 Å². The van der Waals surface area contributed by atoms with Crippen LogP contribution in [0.1, 0.15) is 56.1 Å². The predicted molar refractivity (Wildman–Crippen MR) is 139 cm³/mol. The van der Waals surface area contributed by atoms with E-state index in [9.17, 15) is 19.5 Å². The highest BCUT2D eigenvalue weighted by Crippen LogP contribution is 2.34. The number of carbonyl (C=O) groups excluding carboxylic acids is 2. The van der Waals surface area contributed by atoms with Crippen molar-refractivity contribution in [2.75, 3.05) is 10.2 Å². The number of benzene rings is 2. The van der Waals surface area contributed by atoms with Gasteiger partial charge in [0, 0.05) is 18.4 Å². The van der Waals surface area contributed by atoms with Gasteiger partial charge in [0.2, 0.25) is 0 Å². The second kappa shape index (κ2) is 9.11. The molecule has 2 N–H and O–H groups in total. The number of amides is 3. The van der Waals surface area contributed by atoms with Crippen molar-refractivity contribution >= 4 is 35.1 Å². The number of nitrogens with one attached hydrogen (secondary N) is 1. The number of aromatic carboxylic acids is 1. The molecule has 1 saturated heterocycles. The zero-order chi connectivity index (χ0) is 26.3. The van der Waals surface area contributed by atoms with Gasteiger partial charge in [-0.3, -0.25) is 4.79 Å². The lowest BCUT2D eigenvalue weighted by Crippen LogP contribution is -2.43. The standard InChI is InChI=1S/C28H30N4O4/c1-27(2,3)20-9-11-22(12-10-20)32-25(35)28(4,5)31(26(32)36)17-18-13-14-29-23(15-18)30-21-8-6-7-19(16-21)24(33)34/h6-16H,17H2,1-5H3,(H,29,30)(H,33,34). The Morgan fingerprint density at radius 3 is 2.36 bits per heavy atom. The molecule has 0 saturated carbocycles. The molecule has 36 heavy (non-hydrogen) atoms. The average Bonchev–Trinajstić information content (AvgIpc) is 2.98. The van der Waals surface area contributed by atoms with E-state index in [0.29, 0.717) is 17.2 Å². The molecule has 1 aliphatic rings. The summed E-state index contributed by atoms with van der Waals surface area (Å²) >= 11 is 0. The third-order valence-electron chi connectivity index (χ3n) is 6.36. The van der Waals surface area contributed by atoms with Gasteiger partial charge in [0.25, 0.3) is 5.91 Å². The molecule has 0 bridgehead atoms. The molecule has 0 unspecified atom stereocenters. The highest BCUT2D eigenvalue weighted by molar-refractivity contribution is 6.22. The van der Waals surface area contributed by atoms with Crippen LogP contribution in [0.5, 0.6) is 0 Å². The van der Waals surface area contributed by atoms with Crippen LogP contribution >= 0.6 is 0 Å². The number of hydrogen-bond donors (Lipinski definition) is 2. The highest BCUT2D eigenvalue weighted by Gasteiger charge is 2.51. The topological polar surface area (TPSA) is 103 Å². The number of carboxylic acids is 1. The lowest BCUT2D eigenvalue weighted by Gasteiger charge is -2.27. The Morgan fingerprint density at radius 1 is 1.03 bits per heavy atom. The largest absolute Gasteiger partial charge is 0.478 e. The van der Waals surface area contributed by atoms with Gasteiger partial charge in [-0.15, -0.1) is 0 Å². The molecule has 0 atom stereocenters. The number of hydrogen-bond acceptors (Lipinski definition) is 5. The van der Waals surface area contributed by atoms with Crippen molar-refractivity contribution in [3.8, 4) is 0 Å². The number of carbonyl (C=O) groups is 3. The van der Waals surface area contributed by atoms with Gasteiger partial charge >= 0.3 is 12.0 Å².